The van der Waals surface area contributed by atoms with Gasteiger partial charge in [0, 0.05) is 57.9 Å². The van der Waals surface area contributed by atoms with Gasteiger partial charge in [0.15, 0.2) is 5.96 Å². The molecule has 0 aliphatic rings. The number of ether oxygens (including phenoxy) is 2. The highest BCUT2D eigenvalue weighted by molar-refractivity contribution is 5.94. The summed E-state index contributed by atoms with van der Waals surface area (Å²) in [5.74, 6) is 1.50. The number of rotatable bonds is 12. The molecule has 0 unspecified atom stereocenters. The highest BCUT2D eigenvalue weighted by atomic mass is 16.5. The molecule has 0 saturated heterocycles. The van der Waals surface area contributed by atoms with Crippen molar-refractivity contribution in [2.45, 2.75) is 39.8 Å². The van der Waals surface area contributed by atoms with Crippen LogP contribution in [0.25, 0.3) is 0 Å². The van der Waals surface area contributed by atoms with E-state index < -0.39 is 0 Å². The molecule has 0 aliphatic carbocycles. The van der Waals surface area contributed by atoms with Crippen molar-refractivity contribution in [3.8, 4) is 5.75 Å². The third-order valence-corrected chi connectivity index (χ3v) is 4.83. The molecule has 2 rings (SSSR count). The van der Waals surface area contributed by atoms with Gasteiger partial charge >= 0.3 is 0 Å². The first-order valence-corrected chi connectivity index (χ1v) is 11.1. The van der Waals surface area contributed by atoms with Crippen LogP contribution in [-0.2, 0) is 17.8 Å². The molecule has 0 bridgehead atoms. The van der Waals surface area contributed by atoms with E-state index in [1.807, 2.05) is 31.2 Å². The van der Waals surface area contributed by atoms with E-state index in [0.717, 1.165) is 35.3 Å². The number of carbonyl (C=O) groups excluding carboxylic acids is 1. The lowest BCUT2D eigenvalue weighted by molar-refractivity contribution is 0.0953. The lowest BCUT2D eigenvalue weighted by Gasteiger charge is -2.16. The molecule has 0 aliphatic heterocycles. The summed E-state index contributed by atoms with van der Waals surface area (Å²) in [6, 6.07) is 13.8. The molecule has 0 atom stereocenters. The Balaban J connectivity index is 1.92. The van der Waals surface area contributed by atoms with Crippen molar-refractivity contribution in [3.63, 3.8) is 0 Å². The molecule has 0 fully saturated rings. The van der Waals surface area contributed by atoms with E-state index in [-0.39, 0.29) is 5.91 Å². The molecule has 1 amide bonds. The van der Waals surface area contributed by atoms with Gasteiger partial charge in [-0.1, -0.05) is 31.2 Å². The molecule has 7 heteroatoms. The number of carbonyl (C=O) groups is 1. The first kappa shape index (κ1) is 25.2. The summed E-state index contributed by atoms with van der Waals surface area (Å²) in [5.41, 5.74) is 3.89. The molecule has 0 spiro atoms. The highest BCUT2D eigenvalue weighted by Gasteiger charge is 2.08. The van der Waals surface area contributed by atoms with Gasteiger partial charge in [0.1, 0.15) is 5.75 Å². The van der Waals surface area contributed by atoms with Crippen LogP contribution in [0.3, 0.4) is 0 Å². The van der Waals surface area contributed by atoms with Gasteiger partial charge in [-0.25, -0.2) is 0 Å². The van der Waals surface area contributed by atoms with Gasteiger partial charge in [0.25, 0.3) is 5.91 Å². The topological polar surface area (TPSA) is 84.0 Å². The monoisotopic (exact) mass is 440 g/mol. The number of hydrogen-bond donors (Lipinski definition) is 3. The zero-order chi connectivity index (χ0) is 23.2. The van der Waals surface area contributed by atoms with Crippen molar-refractivity contribution in [2.75, 3.05) is 33.9 Å². The van der Waals surface area contributed by atoms with Gasteiger partial charge in [-0.2, -0.15) is 0 Å². The zero-order valence-electron chi connectivity index (χ0n) is 19.7. The second-order valence-electron chi connectivity index (χ2n) is 7.54. The number of amides is 1. The lowest BCUT2D eigenvalue weighted by atomic mass is 10.1. The normalized spacial score (nSPS) is 11.2. The van der Waals surface area contributed by atoms with Crippen molar-refractivity contribution in [2.24, 2.45) is 4.99 Å². The molecule has 32 heavy (non-hydrogen) atoms. The Kier molecular flexibility index (Phi) is 11.1. The number of aryl methyl sites for hydroxylation is 1. The average molecular weight is 441 g/mol. The van der Waals surface area contributed by atoms with Crippen molar-refractivity contribution in [1.82, 2.24) is 16.0 Å². The van der Waals surface area contributed by atoms with Crippen LogP contribution >= 0.6 is 0 Å². The maximum absolute atomic E-state index is 12.2. The van der Waals surface area contributed by atoms with Crippen LogP contribution in [0.5, 0.6) is 5.75 Å². The summed E-state index contributed by atoms with van der Waals surface area (Å²) >= 11 is 0. The van der Waals surface area contributed by atoms with Crippen LogP contribution < -0.4 is 20.7 Å². The fraction of sp³-hybridized carbons (Fsp3) is 0.440. The minimum atomic E-state index is -0.0476. The Morgan fingerprint density at radius 2 is 1.84 bits per heavy atom. The molecule has 7 nitrogen and oxygen atoms in total. The van der Waals surface area contributed by atoms with Crippen LogP contribution in [0.4, 0.5) is 0 Å². The molecule has 174 valence electrons. The van der Waals surface area contributed by atoms with E-state index in [0.29, 0.717) is 44.4 Å². The smallest absolute Gasteiger partial charge is 0.251 e. The molecule has 2 aromatic carbocycles. The number of nitrogens with zero attached hydrogens (tertiary/aromatic N) is 1. The number of guanidine groups is 1. The average Bonchev–Trinajstić information content (AvgIpc) is 2.81. The molecule has 0 radical (unpaired) electrons. The second-order valence-corrected chi connectivity index (χ2v) is 7.54. The first-order chi connectivity index (χ1) is 15.6. The van der Waals surface area contributed by atoms with Crippen molar-refractivity contribution in [3.05, 3.63) is 64.7 Å². The highest BCUT2D eigenvalue weighted by Crippen LogP contribution is 2.20. The molecule has 0 aromatic heterocycles. The largest absolute Gasteiger partial charge is 0.493 e. The Morgan fingerprint density at radius 1 is 1.03 bits per heavy atom. The maximum atomic E-state index is 12.2. The third-order valence-electron chi connectivity index (χ3n) is 4.83. The van der Waals surface area contributed by atoms with Gasteiger partial charge in [0.2, 0.25) is 0 Å². The molecular formula is C25H36N4O3. The Labute approximate surface area is 191 Å². The number of methoxy groups -OCH3 is 1. The van der Waals surface area contributed by atoms with E-state index in [9.17, 15) is 4.79 Å². The SMILES string of the molecule is CCCNC(=O)c1cccc(CNC(=NC)NCc2ccc(C)cc2OCCCOC)c1. The lowest BCUT2D eigenvalue weighted by Crippen LogP contribution is -2.36. The van der Waals surface area contributed by atoms with Gasteiger partial charge in [-0.3, -0.25) is 9.79 Å². The molecule has 2 aromatic rings. The second kappa shape index (κ2) is 14.1. The van der Waals surface area contributed by atoms with Gasteiger partial charge in [-0.05, 0) is 42.7 Å². The Morgan fingerprint density at radius 3 is 2.59 bits per heavy atom. The summed E-state index contributed by atoms with van der Waals surface area (Å²) in [5, 5.41) is 9.55. The maximum Gasteiger partial charge on any atom is 0.251 e. The molecular weight excluding hydrogens is 404 g/mol. The summed E-state index contributed by atoms with van der Waals surface area (Å²) in [6.45, 7) is 7.19. The van der Waals surface area contributed by atoms with Crippen LogP contribution in [-0.4, -0.2) is 45.8 Å². The van der Waals surface area contributed by atoms with Gasteiger partial charge < -0.3 is 25.4 Å². The summed E-state index contributed by atoms with van der Waals surface area (Å²) in [7, 11) is 3.43. The number of benzene rings is 2. The van der Waals surface area contributed by atoms with Gasteiger partial charge in [0.05, 0.1) is 6.61 Å². The molecule has 0 heterocycles. The van der Waals surface area contributed by atoms with Crippen LogP contribution in [0.1, 0.15) is 46.8 Å². The van der Waals surface area contributed by atoms with E-state index >= 15 is 0 Å². The number of hydrogen-bond acceptors (Lipinski definition) is 4. The number of nitrogens with one attached hydrogen (secondary N) is 3. The summed E-state index contributed by atoms with van der Waals surface area (Å²) < 4.78 is 11.1. The summed E-state index contributed by atoms with van der Waals surface area (Å²) in [6.07, 6.45) is 1.76. The van der Waals surface area contributed by atoms with Crippen molar-refractivity contribution in [1.29, 1.82) is 0 Å². The first-order valence-electron chi connectivity index (χ1n) is 11.1. The van der Waals surface area contributed by atoms with E-state index in [1.165, 1.54) is 0 Å². The predicted molar refractivity (Wildman–Crippen MR) is 129 cm³/mol. The quantitative estimate of drug-likeness (QED) is 0.268. The zero-order valence-corrected chi connectivity index (χ0v) is 19.7. The van der Waals surface area contributed by atoms with Crippen molar-refractivity contribution < 1.29 is 14.3 Å². The van der Waals surface area contributed by atoms with Gasteiger partial charge in [-0.15, -0.1) is 0 Å². The van der Waals surface area contributed by atoms with Crippen LogP contribution in [0.2, 0.25) is 0 Å². The fourth-order valence-electron chi connectivity index (χ4n) is 3.08. The summed E-state index contributed by atoms with van der Waals surface area (Å²) in [4.78, 5) is 16.5. The standard InChI is InChI=1S/C25H36N4O3/c1-5-12-27-24(30)21-9-6-8-20(16-21)17-28-25(26-3)29-18-22-11-10-19(2)15-23(22)32-14-7-13-31-4/h6,8-11,15-16H,5,7,12-14,17-18H2,1-4H3,(H,27,30)(H2,26,28,29). The van der Waals surface area contributed by atoms with Crippen LogP contribution in [0.15, 0.2) is 47.5 Å². The predicted octanol–water partition coefficient (Wildman–Crippen LogP) is 3.42. The van der Waals surface area contributed by atoms with Crippen molar-refractivity contribution >= 4 is 11.9 Å². The molecule has 0 saturated carbocycles. The number of aliphatic imine (C=N–C) groups is 1. The van der Waals surface area contributed by atoms with E-state index in [4.69, 9.17) is 9.47 Å². The minimum absolute atomic E-state index is 0.0476. The molecule has 3 N–H and O–H groups in total. The van der Waals surface area contributed by atoms with E-state index in [2.05, 4.69) is 46.1 Å². The fourth-order valence-corrected chi connectivity index (χ4v) is 3.08. The minimum Gasteiger partial charge on any atom is -0.493 e. The van der Waals surface area contributed by atoms with Crippen LogP contribution in [0, 0.1) is 6.92 Å². The Bertz CT molecular complexity index is 883. The third kappa shape index (κ3) is 8.59. The Hall–Kier alpha value is -3.06. The van der Waals surface area contributed by atoms with E-state index in [1.54, 1.807) is 14.2 Å².